The van der Waals surface area contributed by atoms with Crippen molar-refractivity contribution in [3.8, 4) is 17.2 Å². The minimum atomic E-state index is -0.705. The molecule has 1 atom stereocenters. The van der Waals surface area contributed by atoms with Gasteiger partial charge >= 0.3 is 0 Å². The van der Waals surface area contributed by atoms with Crippen LogP contribution in [0.5, 0.6) is 11.5 Å². The van der Waals surface area contributed by atoms with Crippen molar-refractivity contribution in [1.29, 1.82) is 0 Å². The molecule has 0 N–H and O–H groups in total. The monoisotopic (exact) mass is 511 g/mol. The number of pyridine rings is 1. The number of aromatic nitrogens is 3. The number of halogens is 3. The van der Waals surface area contributed by atoms with E-state index in [1.54, 1.807) is 19.2 Å². The minimum absolute atomic E-state index is 0.0103. The highest BCUT2D eigenvalue weighted by Gasteiger charge is 2.31. The molecule has 0 radical (unpaired) electrons. The second-order valence-electron chi connectivity index (χ2n) is 8.47. The SMILES string of the molecule is COc1cccc(C2CCCc3nc(SCc4c(F)cncc4F)n(-c4ccc(F)c(OC)c4)c32)c1. The Morgan fingerprint density at radius 3 is 2.56 bits per heavy atom. The number of ether oxygens (including phenoxy) is 2. The first-order valence-electron chi connectivity index (χ1n) is 11.5. The molecule has 1 unspecified atom stereocenters. The van der Waals surface area contributed by atoms with Crippen LogP contribution in [0.1, 0.15) is 41.3 Å². The summed E-state index contributed by atoms with van der Waals surface area (Å²) in [7, 11) is 3.04. The van der Waals surface area contributed by atoms with Gasteiger partial charge in [-0.25, -0.2) is 18.2 Å². The Bertz CT molecular complexity index is 1390. The van der Waals surface area contributed by atoms with E-state index in [9.17, 15) is 13.2 Å². The molecule has 2 aromatic carbocycles. The zero-order chi connectivity index (χ0) is 25.2. The molecular formula is C27H24F3N3O2S. The summed E-state index contributed by atoms with van der Waals surface area (Å²) in [6.07, 6.45) is 4.60. The van der Waals surface area contributed by atoms with Crippen molar-refractivity contribution in [3.63, 3.8) is 0 Å². The van der Waals surface area contributed by atoms with E-state index < -0.39 is 17.5 Å². The fraction of sp³-hybridized carbons (Fsp3) is 0.259. The van der Waals surface area contributed by atoms with Gasteiger partial charge in [-0.1, -0.05) is 23.9 Å². The molecule has 1 aliphatic rings. The van der Waals surface area contributed by atoms with Crippen LogP contribution in [0, 0.1) is 17.5 Å². The van der Waals surface area contributed by atoms with Gasteiger partial charge < -0.3 is 9.47 Å². The number of rotatable bonds is 7. The first-order chi connectivity index (χ1) is 17.5. The van der Waals surface area contributed by atoms with Crippen molar-refractivity contribution in [2.24, 2.45) is 0 Å². The Morgan fingerprint density at radius 2 is 1.81 bits per heavy atom. The van der Waals surface area contributed by atoms with Crippen LogP contribution in [0.4, 0.5) is 13.2 Å². The highest BCUT2D eigenvalue weighted by atomic mass is 32.2. The maximum Gasteiger partial charge on any atom is 0.173 e. The van der Waals surface area contributed by atoms with Crippen molar-refractivity contribution in [2.45, 2.75) is 36.1 Å². The largest absolute Gasteiger partial charge is 0.497 e. The Labute approximate surface area is 211 Å². The van der Waals surface area contributed by atoms with Crippen molar-refractivity contribution in [3.05, 3.63) is 94.8 Å². The number of fused-ring (bicyclic) bond motifs is 1. The number of aryl methyl sites for hydroxylation is 1. The van der Waals surface area contributed by atoms with Gasteiger partial charge in [-0.3, -0.25) is 9.55 Å². The molecule has 0 spiro atoms. The van der Waals surface area contributed by atoms with Gasteiger partial charge in [-0.2, -0.15) is 0 Å². The van der Waals surface area contributed by atoms with Crippen LogP contribution < -0.4 is 9.47 Å². The lowest BCUT2D eigenvalue weighted by Crippen LogP contribution is -2.15. The fourth-order valence-electron chi connectivity index (χ4n) is 4.64. The molecule has 0 aliphatic heterocycles. The number of methoxy groups -OCH3 is 2. The van der Waals surface area contributed by atoms with Gasteiger partial charge in [0.1, 0.15) is 17.4 Å². The van der Waals surface area contributed by atoms with Crippen LogP contribution in [0.15, 0.2) is 60.0 Å². The van der Waals surface area contributed by atoms with Gasteiger partial charge in [0.25, 0.3) is 0 Å². The van der Waals surface area contributed by atoms with Crippen LogP contribution in [-0.2, 0) is 12.2 Å². The van der Waals surface area contributed by atoms with Crippen molar-refractivity contribution in [2.75, 3.05) is 14.2 Å². The van der Waals surface area contributed by atoms with Crippen LogP contribution in [0.3, 0.4) is 0 Å². The molecular weight excluding hydrogens is 487 g/mol. The molecule has 4 aromatic rings. The number of imidazole rings is 1. The number of hydrogen-bond donors (Lipinski definition) is 0. The van der Waals surface area contributed by atoms with E-state index in [4.69, 9.17) is 14.5 Å². The van der Waals surface area contributed by atoms with Crippen LogP contribution in [0.25, 0.3) is 5.69 Å². The lowest BCUT2D eigenvalue weighted by molar-refractivity contribution is 0.386. The van der Waals surface area contributed by atoms with E-state index in [0.29, 0.717) is 10.8 Å². The number of benzene rings is 2. The average molecular weight is 512 g/mol. The highest BCUT2D eigenvalue weighted by Crippen LogP contribution is 2.42. The van der Waals surface area contributed by atoms with Crippen molar-refractivity contribution < 1.29 is 22.6 Å². The van der Waals surface area contributed by atoms with Gasteiger partial charge in [-0.05, 0) is 49.1 Å². The molecule has 0 fully saturated rings. The third kappa shape index (κ3) is 4.55. The Balaban J connectivity index is 1.64. The van der Waals surface area contributed by atoms with Gasteiger partial charge in [0.2, 0.25) is 0 Å². The van der Waals surface area contributed by atoms with Crippen molar-refractivity contribution >= 4 is 11.8 Å². The summed E-state index contributed by atoms with van der Waals surface area (Å²) in [5, 5.41) is 0.569. The van der Waals surface area contributed by atoms with Gasteiger partial charge in [0.15, 0.2) is 16.7 Å². The molecule has 186 valence electrons. The third-order valence-corrected chi connectivity index (χ3v) is 7.35. The lowest BCUT2D eigenvalue weighted by atomic mass is 9.84. The zero-order valence-electron chi connectivity index (χ0n) is 19.8. The van der Waals surface area contributed by atoms with E-state index >= 15 is 0 Å². The van der Waals surface area contributed by atoms with Gasteiger partial charge in [-0.15, -0.1) is 0 Å². The second kappa shape index (κ2) is 10.3. The maximum absolute atomic E-state index is 14.3. The van der Waals surface area contributed by atoms with Crippen LogP contribution in [-0.4, -0.2) is 28.8 Å². The average Bonchev–Trinajstić information content (AvgIpc) is 3.27. The van der Waals surface area contributed by atoms with Gasteiger partial charge in [0, 0.05) is 23.3 Å². The van der Waals surface area contributed by atoms with Crippen LogP contribution >= 0.6 is 11.8 Å². The summed E-state index contributed by atoms with van der Waals surface area (Å²) < 4.78 is 55.5. The molecule has 2 aromatic heterocycles. The summed E-state index contributed by atoms with van der Waals surface area (Å²) in [6, 6.07) is 12.5. The summed E-state index contributed by atoms with van der Waals surface area (Å²) in [5.74, 6) is -0.992. The van der Waals surface area contributed by atoms with Crippen LogP contribution in [0.2, 0.25) is 0 Å². The Kier molecular flexibility index (Phi) is 6.91. The molecule has 0 amide bonds. The summed E-state index contributed by atoms with van der Waals surface area (Å²) in [5.41, 5.74) is 3.56. The first kappa shape index (κ1) is 24.2. The number of hydrogen-bond acceptors (Lipinski definition) is 5. The lowest BCUT2D eigenvalue weighted by Gasteiger charge is -2.25. The number of thioether (sulfide) groups is 1. The molecule has 5 nitrogen and oxygen atoms in total. The van der Waals surface area contributed by atoms with Crippen molar-refractivity contribution in [1.82, 2.24) is 14.5 Å². The summed E-state index contributed by atoms with van der Waals surface area (Å²) in [4.78, 5) is 8.46. The number of nitrogens with zero attached hydrogens (tertiary/aromatic N) is 3. The normalized spacial score (nSPS) is 15.0. The topological polar surface area (TPSA) is 49.2 Å². The van der Waals surface area contributed by atoms with E-state index in [-0.39, 0.29) is 23.0 Å². The van der Waals surface area contributed by atoms with E-state index in [0.717, 1.165) is 54.4 Å². The predicted molar refractivity (Wildman–Crippen MR) is 132 cm³/mol. The predicted octanol–water partition coefficient (Wildman–Crippen LogP) is 6.46. The molecule has 9 heteroatoms. The fourth-order valence-corrected chi connectivity index (χ4v) is 5.69. The molecule has 1 aliphatic carbocycles. The Morgan fingerprint density at radius 1 is 1.00 bits per heavy atom. The molecule has 5 rings (SSSR count). The van der Waals surface area contributed by atoms with Gasteiger partial charge in [0.05, 0.1) is 43.7 Å². The smallest absolute Gasteiger partial charge is 0.173 e. The Hall–Kier alpha value is -3.46. The summed E-state index contributed by atoms with van der Waals surface area (Å²) in [6.45, 7) is 0. The molecule has 0 saturated heterocycles. The van der Waals surface area contributed by atoms with E-state index in [2.05, 4.69) is 11.1 Å². The molecule has 2 heterocycles. The third-order valence-electron chi connectivity index (χ3n) is 6.38. The second-order valence-corrected chi connectivity index (χ2v) is 9.41. The maximum atomic E-state index is 14.3. The molecule has 0 saturated carbocycles. The zero-order valence-corrected chi connectivity index (χ0v) is 20.6. The first-order valence-corrected chi connectivity index (χ1v) is 12.5. The minimum Gasteiger partial charge on any atom is -0.497 e. The van der Waals surface area contributed by atoms with E-state index in [1.807, 2.05) is 22.8 Å². The standard InChI is InChI=1S/C27H24F3N3O2S/c1-34-18-6-3-5-16(11-18)19-7-4-8-24-26(19)33(17-9-10-21(28)25(12-17)35-2)27(32-24)36-15-20-22(29)13-31-14-23(20)30/h3,5-6,9-14,19H,4,7-8,15H2,1-2H3. The molecule has 36 heavy (non-hydrogen) atoms. The summed E-state index contributed by atoms with van der Waals surface area (Å²) >= 11 is 1.22. The van der Waals surface area contributed by atoms with E-state index in [1.165, 1.54) is 24.9 Å². The highest BCUT2D eigenvalue weighted by molar-refractivity contribution is 7.98. The molecule has 0 bridgehead atoms. The quantitative estimate of drug-likeness (QED) is 0.267.